The topological polar surface area (TPSA) is 140 Å². The smallest absolute Gasteiger partial charge is 0.405 e. The number of amides is 1. The number of rotatable bonds is 9. The number of hydrogen-bond acceptors (Lipinski definition) is 8. The van der Waals surface area contributed by atoms with Crippen LogP contribution in [-0.2, 0) is 19.1 Å². The van der Waals surface area contributed by atoms with E-state index in [-0.39, 0.29) is 22.7 Å². The average molecular weight is 424 g/mol. The van der Waals surface area contributed by atoms with E-state index in [0.717, 1.165) is 0 Å². The Bertz CT molecular complexity index is 722. The second kappa shape index (κ2) is 10.7. The molecule has 0 aromatic rings. The summed E-state index contributed by atoms with van der Waals surface area (Å²) < 4.78 is 10.4. The van der Waals surface area contributed by atoms with E-state index in [9.17, 15) is 19.5 Å². The molecular weight excluding hydrogens is 390 g/mol. The van der Waals surface area contributed by atoms with Crippen molar-refractivity contribution >= 4 is 23.4 Å². The molecule has 2 rings (SSSR count). The molecular formula is C21H33N3O6. The number of hydrogen-bond donors (Lipinski definition) is 3. The van der Waals surface area contributed by atoms with Gasteiger partial charge in [-0.25, -0.2) is 4.79 Å². The predicted molar refractivity (Wildman–Crippen MR) is 112 cm³/mol. The van der Waals surface area contributed by atoms with Crippen LogP contribution in [0.3, 0.4) is 0 Å². The molecule has 1 saturated heterocycles. The largest absolute Gasteiger partial charge is 0.511 e. The fraction of sp³-hybridized carbons (Fsp3) is 0.714. The third-order valence-corrected chi connectivity index (χ3v) is 5.26. The van der Waals surface area contributed by atoms with Crippen molar-refractivity contribution in [3.63, 3.8) is 0 Å². The standard InChI is InChI=1S/C21H33N3O6/c1-13(18-14(25)10-21(2,3)11-15(18)26)24-7-5-4-6-16(30-20(22)28)19(27)17-12-23-8-9-29-17/h16-17,23,25H,4-12H2,1-3H3,(H2,22,28). The number of morpholine rings is 1. The van der Waals surface area contributed by atoms with Crippen LogP contribution in [0.5, 0.6) is 0 Å². The summed E-state index contributed by atoms with van der Waals surface area (Å²) in [4.78, 5) is 40.5. The highest BCUT2D eigenvalue weighted by Crippen LogP contribution is 2.36. The molecule has 1 heterocycles. The van der Waals surface area contributed by atoms with Crippen LogP contribution in [0.2, 0.25) is 0 Å². The molecule has 2 aliphatic rings. The number of primary amides is 1. The maximum atomic E-state index is 12.5. The lowest BCUT2D eigenvalue weighted by molar-refractivity contribution is -0.141. The zero-order valence-electron chi connectivity index (χ0n) is 18.0. The minimum Gasteiger partial charge on any atom is -0.511 e. The molecule has 168 valence electrons. The Balaban J connectivity index is 1.87. The highest BCUT2D eigenvalue weighted by Gasteiger charge is 2.34. The normalized spacial score (nSPS) is 23.2. The number of ketones is 2. The van der Waals surface area contributed by atoms with Gasteiger partial charge in [-0.1, -0.05) is 13.8 Å². The Hall–Kier alpha value is -2.26. The van der Waals surface area contributed by atoms with E-state index >= 15 is 0 Å². The van der Waals surface area contributed by atoms with Crippen molar-refractivity contribution in [3.8, 4) is 0 Å². The summed E-state index contributed by atoms with van der Waals surface area (Å²) >= 11 is 0. The number of nitrogens with two attached hydrogens (primary N) is 1. The fourth-order valence-corrected chi connectivity index (χ4v) is 3.82. The Morgan fingerprint density at radius 2 is 2.10 bits per heavy atom. The molecule has 2 unspecified atom stereocenters. The van der Waals surface area contributed by atoms with Crippen molar-refractivity contribution in [2.75, 3.05) is 26.2 Å². The first-order chi connectivity index (χ1) is 14.1. The first-order valence-corrected chi connectivity index (χ1v) is 10.4. The number of allylic oxidation sites excluding steroid dienone is 2. The van der Waals surface area contributed by atoms with Crippen LogP contribution in [-0.4, -0.2) is 66.9 Å². The molecule has 9 heteroatoms. The lowest BCUT2D eigenvalue weighted by atomic mass is 9.76. The van der Waals surface area contributed by atoms with Gasteiger partial charge in [-0.05, 0) is 31.6 Å². The monoisotopic (exact) mass is 423 g/mol. The second-order valence-corrected chi connectivity index (χ2v) is 8.62. The number of ether oxygens (including phenoxy) is 2. The number of unbranched alkanes of at least 4 members (excludes halogenated alkanes) is 1. The first-order valence-electron chi connectivity index (χ1n) is 10.4. The Kier molecular flexibility index (Phi) is 8.54. The number of aliphatic hydroxyl groups excluding tert-OH is 1. The van der Waals surface area contributed by atoms with Crippen molar-refractivity contribution in [2.24, 2.45) is 16.1 Å². The van der Waals surface area contributed by atoms with Gasteiger partial charge in [0.05, 0.1) is 12.2 Å². The van der Waals surface area contributed by atoms with Gasteiger partial charge in [0.2, 0.25) is 5.78 Å². The minimum atomic E-state index is -0.993. The van der Waals surface area contributed by atoms with Crippen LogP contribution in [0.1, 0.15) is 52.9 Å². The summed E-state index contributed by atoms with van der Waals surface area (Å²) in [5, 5.41) is 13.3. The third kappa shape index (κ3) is 6.91. The van der Waals surface area contributed by atoms with Crippen molar-refractivity contribution in [2.45, 2.75) is 65.1 Å². The van der Waals surface area contributed by atoms with Crippen LogP contribution < -0.4 is 11.1 Å². The number of Topliss-reactive ketones (excluding diaryl/α,β-unsaturated/α-hetero) is 2. The van der Waals surface area contributed by atoms with E-state index in [1.165, 1.54) is 0 Å². The number of nitrogens with one attached hydrogen (secondary N) is 1. The van der Waals surface area contributed by atoms with E-state index in [2.05, 4.69) is 10.3 Å². The fourth-order valence-electron chi connectivity index (χ4n) is 3.82. The lowest BCUT2D eigenvalue weighted by Crippen LogP contribution is -2.48. The van der Waals surface area contributed by atoms with Crippen LogP contribution >= 0.6 is 0 Å². The van der Waals surface area contributed by atoms with Crippen molar-refractivity contribution < 1.29 is 29.0 Å². The molecule has 0 bridgehead atoms. The van der Waals surface area contributed by atoms with E-state index < -0.39 is 18.3 Å². The molecule has 9 nitrogen and oxygen atoms in total. The zero-order chi connectivity index (χ0) is 22.3. The molecule has 1 aliphatic heterocycles. The molecule has 2 atom stereocenters. The first kappa shape index (κ1) is 24.0. The second-order valence-electron chi connectivity index (χ2n) is 8.62. The number of aliphatic hydroxyl groups is 1. The molecule has 1 fully saturated rings. The number of aliphatic imine (C=N–C) groups is 1. The molecule has 1 aliphatic carbocycles. The van der Waals surface area contributed by atoms with E-state index in [1.807, 2.05) is 13.8 Å². The third-order valence-electron chi connectivity index (χ3n) is 5.26. The van der Waals surface area contributed by atoms with Gasteiger partial charge in [-0.15, -0.1) is 0 Å². The molecule has 0 spiro atoms. The molecule has 0 aromatic carbocycles. The highest BCUT2D eigenvalue weighted by molar-refractivity contribution is 6.22. The van der Waals surface area contributed by atoms with Crippen molar-refractivity contribution in [3.05, 3.63) is 11.3 Å². The quantitative estimate of drug-likeness (QED) is 0.380. The van der Waals surface area contributed by atoms with E-state index in [4.69, 9.17) is 15.2 Å². The summed E-state index contributed by atoms with van der Waals surface area (Å²) in [5.74, 6) is -0.295. The highest BCUT2D eigenvalue weighted by atomic mass is 16.6. The summed E-state index contributed by atoms with van der Waals surface area (Å²) in [7, 11) is 0. The van der Waals surface area contributed by atoms with Gasteiger partial charge in [0.15, 0.2) is 11.9 Å². The minimum absolute atomic E-state index is 0.0911. The molecule has 4 N–H and O–H groups in total. The summed E-state index contributed by atoms with van der Waals surface area (Å²) in [5.41, 5.74) is 5.71. The predicted octanol–water partition coefficient (Wildman–Crippen LogP) is 1.84. The van der Waals surface area contributed by atoms with Crippen LogP contribution in [0.4, 0.5) is 4.79 Å². The van der Waals surface area contributed by atoms with Gasteiger partial charge in [-0.3, -0.25) is 14.6 Å². The number of carbonyl (C=O) groups is 3. The molecule has 0 saturated carbocycles. The molecule has 0 radical (unpaired) electrons. The van der Waals surface area contributed by atoms with Crippen LogP contribution in [0.25, 0.3) is 0 Å². The van der Waals surface area contributed by atoms with Gasteiger partial charge < -0.3 is 25.6 Å². The molecule has 30 heavy (non-hydrogen) atoms. The summed E-state index contributed by atoms with van der Waals surface area (Å²) in [6.45, 7) is 7.52. The number of carbonyl (C=O) groups excluding carboxylic acids is 3. The SMILES string of the molecule is CC(=NCCCCC(OC(N)=O)C(=O)C1CNCCO1)C1=C(O)CC(C)(C)CC1=O. The summed E-state index contributed by atoms with van der Waals surface area (Å²) in [6.07, 6.45) is -0.248. The zero-order valence-corrected chi connectivity index (χ0v) is 18.0. The van der Waals surface area contributed by atoms with E-state index in [0.29, 0.717) is 69.6 Å². The summed E-state index contributed by atoms with van der Waals surface area (Å²) in [6, 6.07) is 0. The van der Waals surface area contributed by atoms with Crippen LogP contribution in [0, 0.1) is 5.41 Å². The van der Waals surface area contributed by atoms with Crippen molar-refractivity contribution in [1.82, 2.24) is 5.32 Å². The van der Waals surface area contributed by atoms with E-state index in [1.54, 1.807) is 6.92 Å². The Morgan fingerprint density at radius 3 is 2.70 bits per heavy atom. The van der Waals surface area contributed by atoms with Crippen molar-refractivity contribution in [1.29, 1.82) is 0 Å². The Morgan fingerprint density at radius 1 is 1.37 bits per heavy atom. The lowest BCUT2D eigenvalue weighted by Gasteiger charge is -2.29. The molecule has 1 amide bonds. The number of nitrogens with zero attached hydrogens (tertiary/aromatic N) is 1. The maximum absolute atomic E-state index is 12.5. The molecule has 0 aromatic heterocycles. The average Bonchev–Trinajstić information content (AvgIpc) is 2.65. The van der Waals surface area contributed by atoms with Gasteiger partial charge in [-0.2, -0.15) is 0 Å². The van der Waals surface area contributed by atoms with Gasteiger partial charge in [0, 0.05) is 38.2 Å². The van der Waals surface area contributed by atoms with Gasteiger partial charge >= 0.3 is 6.09 Å². The Labute approximate surface area is 177 Å². The van der Waals surface area contributed by atoms with Gasteiger partial charge in [0.25, 0.3) is 0 Å². The van der Waals surface area contributed by atoms with Crippen LogP contribution in [0.15, 0.2) is 16.3 Å². The van der Waals surface area contributed by atoms with Gasteiger partial charge in [0.1, 0.15) is 11.9 Å². The maximum Gasteiger partial charge on any atom is 0.405 e.